The van der Waals surface area contributed by atoms with Crippen LogP contribution in [0.3, 0.4) is 0 Å². The van der Waals surface area contributed by atoms with Gasteiger partial charge in [0.2, 0.25) is 5.95 Å². The smallest absolute Gasteiger partial charge is 0.343 e. The van der Waals surface area contributed by atoms with Crippen molar-refractivity contribution < 1.29 is 0 Å². The summed E-state index contributed by atoms with van der Waals surface area (Å²) in [6.07, 6.45) is 0.938. The molecule has 0 amide bonds. The van der Waals surface area contributed by atoms with Crippen molar-refractivity contribution in [1.82, 2.24) is 24.7 Å². The summed E-state index contributed by atoms with van der Waals surface area (Å²) in [4.78, 5) is 22.3. The van der Waals surface area contributed by atoms with Gasteiger partial charge in [-0.05, 0) is 31.2 Å². The van der Waals surface area contributed by atoms with Crippen molar-refractivity contribution in [3.63, 3.8) is 0 Å². The average molecular weight is 322 g/mol. The minimum absolute atomic E-state index is 0.224. The Balaban J connectivity index is 2.11. The second-order valence-corrected chi connectivity index (χ2v) is 6.40. The molecule has 3 heterocycles. The molecule has 0 aliphatic heterocycles. The lowest BCUT2D eigenvalue weighted by atomic mass is 10.3. The molecule has 7 nitrogen and oxygen atoms in total. The molecule has 0 fully saturated rings. The second kappa shape index (κ2) is 5.49. The number of aromatic nitrogens is 5. The monoisotopic (exact) mass is 322 g/mol. The van der Waals surface area contributed by atoms with Crippen molar-refractivity contribution >= 4 is 39.3 Å². The highest BCUT2D eigenvalue weighted by Gasteiger charge is 2.15. The summed E-state index contributed by atoms with van der Waals surface area (Å²) in [5.74, 6) is 0.232. The van der Waals surface area contributed by atoms with Crippen LogP contribution >= 0.6 is 23.1 Å². The van der Waals surface area contributed by atoms with E-state index in [0.717, 1.165) is 21.7 Å². The Morgan fingerprint density at radius 1 is 1.43 bits per heavy atom. The molecule has 3 aromatic rings. The van der Waals surface area contributed by atoms with Crippen molar-refractivity contribution in [1.29, 1.82) is 0 Å². The quantitative estimate of drug-likeness (QED) is 0.711. The van der Waals surface area contributed by atoms with Crippen LogP contribution < -0.4 is 11.4 Å². The first-order valence-electron chi connectivity index (χ1n) is 6.51. The van der Waals surface area contributed by atoms with Crippen LogP contribution in [-0.4, -0.2) is 24.7 Å². The van der Waals surface area contributed by atoms with E-state index >= 15 is 0 Å². The van der Waals surface area contributed by atoms with E-state index in [-0.39, 0.29) is 11.6 Å². The third-order valence-electron chi connectivity index (χ3n) is 3.00. The number of aryl methyl sites for hydroxylation is 1. The fourth-order valence-electron chi connectivity index (χ4n) is 1.96. The van der Waals surface area contributed by atoms with Gasteiger partial charge in [0.25, 0.3) is 0 Å². The van der Waals surface area contributed by atoms with Gasteiger partial charge in [-0.15, -0.1) is 16.4 Å². The summed E-state index contributed by atoms with van der Waals surface area (Å²) >= 11 is 2.93. The first-order valence-corrected chi connectivity index (χ1v) is 8.14. The van der Waals surface area contributed by atoms with Crippen LogP contribution in [0.2, 0.25) is 0 Å². The number of nitrogens with one attached hydrogen (secondary N) is 1. The molecule has 0 radical (unpaired) electrons. The largest absolute Gasteiger partial charge is 0.368 e. The molecule has 0 aromatic carbocycles. The van der Waals surface area contributed by atoms with E-state index in [1.165, 1.54) is 16.6 Å². The van der Waals surface area contributed by atoms with Gasteiger partial charge in [0.05, 0.1) is 0 Å². The number of thiophene rings is 1. The van der Waals surface area contributed by atoms with E-state index in [9.17, 15) is 4.79 Å². The molecule has 0 saturated heterocycles. The number of H-pyrrole nitrogens is 1. The van der Waals surface area contributed by atoms with E-state index in [4.69, 9.17) is 5.73 Å². The molecule has 0 spiro atoms. The fraction of sp³-hybridized carbons (Fsp3) is 0.333. The highest BCUT2D eigenvalue weighted by Crippen LogP contribution is 2.34. The van der Waals surface area contributed by atoms with E-state index in [1.807, 2.05) is 6.92 Å². The average Bonchev–Trinajstić information content (AvgIpc) is 3.02. The molecule has 0 saturated carbocycles. The van der Waals surface area contributed by atoms with Crippen LogP contribution in [0.5, 0.6) is 0 Å². The molecule has 3 N–H and O–H groups in total. The van der Waals surface area contributed by atoms with Crippen LogP contribution in [0.4, 0.5) is 5.95 Å². The fourth-order valence-corrected chi connectivity index (χ4v) is 3.99. The molecule has 0 aliphatic rings. The molecule has 110 valence electrons. The molecular formula is C12H14N6OS2. The summed E-state index contributed by atoms with van der Waals surface area (Å²) in [5, 5.41) is 8.74. The molecule has 0 bridgehead atoms. The van der Waals surface area contributed by atoms with Crippen molar-refractivity contribution in [3.05, 3.63) is 21.4 Å². The van der Waals surface area contributed by atoms with Crippen LogP contribution in [-0.2, 0) is 13.0 Å². The van der Waals surface area contributed by atoms with Crippen LogP contribution in [0.1, 0.15) is 18.7 Å². The van der Waals surface area contributed by atoms with Gasteiger partial charge in [-0.1, -0.05) is 6.92 Å². The summed E-state index contributed by atoms with van der Waals surface area (Å²) in [6.45, 7) is 4.53. The van der Waals surface area contributed by atoms with Crippen LogP contribution in [0.25, 0.3) is 10.2 Å². The summed E-state index contributed by atoms with van der Waals surface area (Å²) in [5.41, 5.74) is 5.55. The maximum absolute atomic E-state index is 11.6. The number of anilines is 1. The number of hydrogen-bond donors (Lipinski definition) is 2. The maximum Gasteiger partial charge on any atom is 0.343 e. The Hall–Kier alpha value is -1.87. The second-order valence-electron chi connectivity index (χ2n) is 4.33. The Kier molecular flexibility index (Phi) is 3.68. The van der Waals surface area contributed by atoms with E-state index in [1.54, 1.807) is 15.9 Å². The summed E-state index contributed by atoms with van der Waals surface area (Å²) in [6, 6.07) is 2.07. The standard InChI is InChI=1S/C12H14N6OS2/c1-3-6-5-7-8(20-6)14-10(13)15-9(7)21-12-17-16-11(19)18(12)4-2/h5H,3-4H2,1-2H3,(H,16,19)(H2,13,14,15). The van der Waals surface area contributed by atoms with E-state index < -0.39 is 0 Å². The highest BCUT2D eigenvalue weighted by molar-refractivity contribution is 7.99. The van der Waals surface area contributed by atoms with Crippen LogP contribution in [0.15, 0.2) is 21.0 Å². The minimum atomic E-state index is -0.224. The van der Waals surface area contributed by atoms with Crippen molar-refractivity contribution in [2.24, 2.45) is 0 Å². The van der Waals surface area contributed by atoms with Gasteiger partial charge in [-0.2, -0.15) is 0 Å². The van der Waals surface area contributed by atoms with Gasteiger partial charge in [-0.3, -0.25) is 4.57 Å². The van der Waals surface area contributed by atoms with Gasteiger partial charge >= 0.3 is 5.69 Å². The zero-order chi connectivity index (χ0) is 15.0. The van der Waals surface area contributed by atoms with Gasteiger partial charge in [0, 0.05) is 16.8 Å². The SMILES string of the molecule is CCc1cc2c(Sc3n[nH]c(=O)n3CC)nc(N)nc2s1. The van der Waals surface area contributed by atoms with Crippen molar-refractivity contribution in [3.8, 4) is 0 Å². The Labute approximate surface area is 128 Å². The lowest BCUT2D eigenvalue weighted by Gasteiger charge is -2.03. The number of nitrogen functional groups attached to an aromatic ring is 1. The third kappa shape index (κ3) is 2.54. The lowest BCUT2D eigenvalue weighted by Crippen LogP contribution is -2.16. The normalized spacial score (nSPS) is 11.3. The molecule has 9 heteroatoms. The Morgan fingerprint density at radius 2 is 2.24 bits per heavy atom. The molecular weight excluding hydrogens is 308 g/mol. The highest BCUT2D eigenvalue weighted by atomic mass is 32.2. The lowest BCUT2D eigenvalue weighted by molar-refractivity contribution is 0.660. The van der Waals surface area contributed by atoms with Crippen LogP contribution in [0, 0.1) is 0 Å². The summed E-state index contributed by atoms with van der Waals surface area (Å²) < 4.78 is 1.56. The number of nitrogens with two attached hydrogens (primary N) is 1. The number of rotatable bonds is 4. The first kappa shape index (κ1) is 14.1. The number of nitrogens with zero attached hydrogens (tertiary/aromatic N) is 4. The number of aromatic amines is 1. The van der Waals surface area contributed by atoms with Crippen molar-refractivity contribution in [2.75, 3.05) is 5.73 Å². The Morgan fingerprint density at radius 3 is 2.95 bits per heavy atom. The molecule has 0 unspecified atom stereocenters. The van der Waals surface area contributed by atoms with E-state index in [0.29, 0.717) is 11.7 Å². The Bertz CT molecular complexity index is 849. The molecule has 3 rings (SSSR count). The number of hydrogen-bond acceptors (Lipinski definition) is 7. The summed E-state index contributed by atoms with van der Waals surface area (Å²) in [7, 11) is 0. The molecule has 0 atom stereocenters. The zero-order valence-electron chi connectivity index (χ0n) is 11.6. The number of fused-ring (bicyclic) bond motifs is 1. The maximum atomic E-state index is 11.6. The predicted molar refractivity (Wildman–Crippen MR) is 83.9 cm³/mol. The topological polar surface area (TPSA) is 102 Å². The van der Waals surface area contributed by atoms with Crippen molar-refractivity contribution in [2.45, 2.75) is 37.0 Å². The van der Waals surface area contributed by atoms with Gasteiger partial charge in [-0.25, -0.2) is 19.9 Å². The molecule has 3 aromatic heterocycles. The first-order chi connectivity index (χ1) is 10.1. The van der Waals surface area contributed by atoms with Gasteiger partial charge in [0.1, 0.15) is 9.86 Å². The van der Waals surface area contributed by atoms with Gasteiger partial charge in [0.15, 0.2) is 5.16 Å². The third-order valence-corrected chi connectivity index (χ3v) is 5.17. The predicted octanol–water partition coefficient (Wildman–Crippen LogP) is 1.89. The zero-order valence-corrected chi connectivity index (χ0v) is 13.2. The molecule has 21 heavy (non-hydrogen) atoms. The van der Waals surface area contributed by atoms with E-state index in [2.05, 4.69) is 33.2 Å². The molecule has 0 aliphatic carbocycles. The van der Waals surface area contributed by atoms with Gasteiger partial charge < -0.3 is 5.73 Å². The minimum Gasteiger partial charge on any atom is -0.368 e.